The van der Waals surface area contributed by atoms with E-state index in [1.54, 1.807) is 6.33 Å². The number of aryl methyl sites for hydroxylation is 1. The van der Waals surface area contributed by atoms with Crippen molar-refractivity contribution in [1.82, 2.24) is 14.8 Å². The molecule has 1 aromatic heterocycles. The quantitative estimate of drug-likeness (QED) is 0.788. The molecule has 0 unspecified atom stereocenters. The first-order chi connectivity index (χ1) is 7.86. The maximum Gasteiger partial charge on any atom is 0.143 e. The van der Waals surface area contributed by atoms with Crippen LogP contribution in [0.2, 0.25) is 0 Å². The van der Waals surface area contributed by atoms with E-state index in [1.165, 1.54) is 0 Å². The van der Waals surface area contributed by atoms with Gasteiger partial charge in [0, 0.05) is 6.42 Å². The Balaban J connectivity index is 2.46. The molecule has 1 heterocycles. The minimum atomic E-state index is 0.653. The fourth-order valence-corrected chi connectivity index (χ4v) is 1.63. The van der Waals surface area contributed by atoms with Crippen molar-refractivity contribution >= 4 is 0 Å². The van der Waals surface area contributed by atoms with Crippen LogP contribution >= 0.6 is 0 Å². The van der Waals surface area contributed by atoms with Crippen LogP contribution in [0, 0.1) is 0 Å². The Morgan fingerprint density at radius 1 is 1.25 bits per heavy atom. The van der Waals surface area contributed by atoms with E-state index in [2.05, 4.69) is 17.1 Å². The molecule has 2 rings (SSSR count). The number of rotatable bonds is 4. The number of benzene rings is 1. The van der Waals surface area contributed by atoms with Gasteiger partial charge in [0.1, 0.15) is 17.9 Å². The summed E-state index contributed by atoms with van der Waals surface area (Å²) < 4.78 is 7.55. The first-order valence-corrected chi connectivity index (χ1v) is 5.48. The van der Waals surface area contributed by atoms with Crippen LogP contribution in [0.4, 0.5) is 0 Å². The predicted molar refractivity (Wildman–Crippen MR) is 61.9 cm³/mol. The number of hydrogen-bond donors (Lipinski definition) is 0. The van der Waals surface area contributed by atoms with Crippen molar-refractivity contribution in [3.05, 3.63) is 36.4 Å². The van der Waals surface area contributed by atoms with Gasteiger partial charge in [-0.3, -0.25) is 4.57 Å². The van der Waals surface area contributed by atoms with E-state index < -0.39 is 0 Å². The third kappa shape index (κ3) is 1.91. The van der Waals surface area contributed by atoms with Crippen LogP contribution in [0.3, 0.4) is 0 Å². The van der Waals surface area contributed by atoms with Crippen molar-refractivity contribution in [2.24, 2.45) is 0 Å². The van der Waals surface area contributed by atoms with Gasteiger partial charge in [0.05, 0.1) is 12.3 Å². The second-order valence-electron chi connectivity index (χ2n) is 3.37. The van der Waals surface area contributed by atoms with Crippen LogP contribution < -0.4 is 4.74 Å². The summed E-state index contributed by atoms with van der Waals surface area (Å²) in [6.45, 7) is 4.69. The molecule has 0 amide bonds. The van der Waals surface area contributed by atoms with Gasteiger partial charge in [-0.05, 0) is 19.1 Å². The fraction of sp³-hybridized carbons (Fsp3) is 0.333. The number of ether oxygens (including phenoxy) is 1. The van der Waals surface area contributed by atoms with Crippen LogP contribution in [0.5, 0.6) is 5.75 Å². The normalized spacial score (nSPS) is 10.4. The number of aromatic nitrogens is 3. The highest BCUT2D eigenvalue weighted by Crippen LogP contribution is 2.23. The molecule has 0 bridgehead atoms. The Hall–Kier alpha value is -1.84. The molecule has 2 aromatic rings. The van der Waals surface area contributed by atoms with E-state index in [0.29, 0.717) is 6.61 Å². The summed E-state index contributed by atoms with van der Waals surface area (Å²) in [6, 6.07) is 7.91. The lowest BCUT2D eigenvalue weighted by atomic mass is 10.3. The zero-order chi connectivity index (χ0) is 11.4. The molecule has 0 saturated carbocycles. The molecule has 0 aliphatic heterocycles. The molecular formula is C12H15N3O. The van der Waals surface area contributed by atoms with Gasteiger partial charge in [-0.25, -0.2) is 0 Å². The predicted octanol–water partition coefficient (Wildman–Crippen LogP) is 2.23. The third-order valence-corrected chi connectivity index (χ3v) is 2.36. The molecule has 0 saturated heterocycles. The molecule has 4 nitrogen and oxygen atoms in total. The Morgan fingerprint density at radius 3 is 2.81 bits per heavy atom. The summed E-state index contributed by atoms with van der Waals surface area (Å²) in [5.41, 5.74) is 0.992. The molecular weight excluding hydrogens is 202 g/mol. The summed E-state index contributed by atoms with van der Waals surface area (Å²) in [7, 11) is 0. The molecule has 1 aromatic carbocycles. The first kappa shape index (κ1) is 10.7. The largest absolute Gasteiger partial charge is 0.492 e. The van der Waals surface area contributed by atoms with Gasteiger partial charge in [0.15, 0.2) is 0 Å². The minimum absolute atomic E-state index is 0.653. The molecule has 0 fully saturated rings. The maximum atomic E-state index is 5.58. The Bertz CT molecular complexity index is 465. The van der Waals surface area contributed by atoms with Crippen LogP contribution in [0.25, 0.3) is 5.69 Å². The Morgan fingerprint density at radius 2 is 2.06 bits per heavy atom. The Labute approximate surface area is 94.9 Å². The Kier molecular flexibility index (Phi) is 3.19. The van der Waals surface area contributed by atoms with Crippen molar-refractivity contribution in [1.29, 1.82) is 0 Å². The zero-order valence-electron chi connectivity index (χ0n) is 9.55. The van der Waals surface area contributed by atoms with Gasteiger partial charge in [-0.1, -0.05) is 19.1 Å². The third-order valence-electron chi connectivity index (χ3n) is 2.36. The summed E-state index contributed by atoms with van der Waals surface area (Å²) in [4.78, 5) is 0. The van der Waals surface area contributed by atoms with Gasteiger partial charge in [-0.15, -0.1) is 10.2 Å². The van der Waals surface area contributed by atoms with Gasteiger partial charge in [0.25, 0.3) is 0 Å². The molecule has 0 spiro atoms. The molecule has 0 N–H and O–H groups in total. The zero-order valence-corrected chi connectivity index (χ0v) is 9.55. The molecule has 4 heteroatoms. The van der Waals surface area contributed by atoms with Crippen molar-refractivity contribution in [3.8, 4) is 11.4 Å². The summed E-state index contributed by atoms with van der Waals surface area (Å²) in [5, 5.41) is 8.00. The van der Waals surface area contributed by atoms with Crippen LogP contribution in [-0.2, 0) is 6.42 Å². The number of nitrogens with zero attached hydrogens (tertiary/aromatic N) is 3. The summed E-state index contributed by atoms with van der Waals surface area (Å²) >= 11 is 0. The average molecular weight is 217 g/mol. The highest BCUT2D eigenvalue weighted by molar-refractivity contribution is 5.47. The lowest BCUT2D eigenvalue weighted by Gasteiger charge is -2.11. The van der Waals surface area contributed by atoms with Crippen molar-refractivity contribution in [3.63, 3.8) is 0 Å². The van der Waals surface area contributed by atoms with Crippen molar-refractivity contribution in [2.75, 3.05) is 6.61 Å². The topological polar surface area (TPSA) is 39.9 Å². The summed E-state index contributed by atoms with van der Waals surface area (Å²) in [5.74, 6) is 1.80. The second-order valence-corrected chi connectivity index (χ2v) is 3.37. The van der Waals surface area contributed by atoms with E-state index in [9.17, 15) is 0 Å². The second kappa shape index (κ2) is 4.79. The number of para-hydroxylation sites is 2. The van der Waals surface area contributed by atoms with E-state index >= 15 is 0 Å². The molecule has 16 heavy (non-hydrogen) atoms. The maximum absolute atomic E-state index is 5.58. The molecule has 84 valence electrons. The van der Waals surface area contributed by atoms with Gasteiger partial charge >= 0.3 is 0 Å². The van der Waals surface area contributed by atoms with Gasteiger partial charge in [0.2, 0.25) is 0 Å². The van der Waals surface area contributed by atoms with Crippen molar-refractivity contribution in [2.45, 2.75) is 20.3 Å². The van der Waals surface area contributed by atoms with E-state index in [0.717, 1.165) is 23.7 Å². The van der Waals surface area contributed by atoms with Gasteiger partial charge in [-0.2, -0.15) is 0 Å². The molecule has 0 radical (unpaired) electrons. The standard InChI is InChI=1S/C12H15N3O/c1-3-12-14-13-9-15(12)10-7-5-6-8-11(10)16-4-2/h5-9H,3-4H2,1-2H3. The van der Waals surface area contributed by atoms with E-state index in [-0.39, 0.29) is 0 Å². The SMILES string of the molecule is CCOc1ccccc1-n1cnnc1CC. The first-order valence-electron chi connectivity index (χ1n) is 5.48. The minimum Gasteiger partial charge on any atom is -0.492 e. The lowest BCUT2D eigenvalue weighted by Crippen LogP contribution is -2.02. The average Bonchev–Trinajstić information content (AvgIpc) is 2.78. The van der Waals surface area contributed by atoms with E-state index in [4.69, 9.17) is 4.74 Å². The van der Waals surface area contributed by atoms with Crippen LogP contribution in [0.15, 0.2) is 30.6 Å². The highest BCUT2D eigenvalue weighted by Gasteiger charge is 2.08. The number of hydrogen-bond acceptors (Lipinski definition) is 3. The molecule has 0 aliphatic rings. The van der Waals surface area contributed by atoms with Gasteiger partial charge < -0.3 is 4.74 Å². The van der Waals surface area contributed by atoms with Crippen molar-refractivity contribution < 1.29 is 4.74 Å². The van der Waals surface area contributed by atoms with E-state index in [1.807, 2.05) is 35.8 Å². The van der Waals surface area contributed by atoms with Crippen LogP contribution in [0.1, 0.15) is 19.7 Å². The smallest absolute Gasteiger partial charge is 0.143 e. The molecule has 0 atom stereocenters. The molecule has 0 aliphatic carbocycles. The fourth-order valence-electron chi connectivity index (χ4n) is 1.63. The monoisotopic (exact) mass is 217 g/mol. The lowest BCUT2D eigenvalue weighted by molar-refractivity contribution is 0.339. The summed E-state index contributed by atoms with van der Waals surface area (Å²) in [6.07, 6.45) is 2.57. The van der Waals surface area contributed by atoms with Crippen LogP contribution in [-0.4, -0.2) is 21.4 Å². The highest BCUT2D eigenvalue weighted by atomic mass is 16.5.